The summed E-state index contributed by atoms with van der Waals surface area (Å²) in [5.41, 5.74) is 1.26. The molecule has 1 amide bonds. The minimum atomic E-state index is -3.44. The second kappa shape index (κ2) is 8.16. The van der Waals surface area contributed by atoms with Crippen LogP contribution in [-0.2, 0) is 20.4 Å². The summed E-state index contributed by atoms with van der Waals surface area (Å²) in [7, 11) is -0.421. The molecule has 1 aromatic carbocycles. The van der Waals surface area contributed by atoms with E-state index in [1.54, 1.807) is 11.8 Å². The van der Waals surface area contributed by atoms with Crippen molar-refractivity contribution < 1.29 is 17.9 Å². The Morgan fingerprint density at radius 3 is 2.04 bits per heavy atom. The summed E-state index contributed by atoms with van der Waals surface area (Å²) in [4.78, 5) is 14.3. The first-order valence-electron chi connectivity index (χ1n) is 9.16. The topological polar surface area (TPSA) is 70.2 Å². The van der Waals surface area contributed by atoms with Crippen molar-refractivity contribution in [3.05, 3.63) is 29.8 Å². The van der Waals surface area contributed by atoms with Gasteiger partial charge in [-0.3, -0.25) is 4.79 Å². The Kier molecular flexibility index (Phi) is 6.55. The number of ether oxygens (including phenoxy) is 1. The molecule has 1 atom stereocenters. The van der Waals surface area contributed by atoms with Gasteiger partial charge in [-0.15, -0.1) is 0 Å². The highest BCUT2D eigenvalue weighted by atomic mass is 32.2. The van der Waals surface area contributed by atoms with E-state index < -0.39 is 16.3 Å². The number of hydrogen-bond donors (Lipinski definition) is 0. The predicted molar refractivity (Wildman–Crippen MR) is 106 cm³/mol. The molecule has 0 bridgehead atoms. The summed E-state index contributed by atoms with van der Waals surface area (Å²) in [6, 6.07) is 7.78. The zero-order chi connectivity index (χ0) is 20.4. The van der Waals surface area contributed by atoms with Gasteiger partial charge in [-0.1, -0.05) is 32.9 Å². The smallest absolute Gasteiger partial charge is 0.281 e. The highest BCUT2D eigenvalue weighted by Crippen LogP contribution is 2.25. The molecule has 0 aromatic heterocycles. The van der Waals surface area contributed by atoms with E-state index in [0.717, 1.165) is 0 Å². The molecule has 27 heavy (non-hydrogen) atoms. The summed E-state index contributed by atoms with van der Waals surface area (Å²) in [6.07, 6.45) is -0.623. The van der Waals surface area contributed by atoms with Gasteiger partial charge >= 0.3 is 0 Å². The van der Waals surface area contributed by atoms with Gasteiger partial charge in [-0.25, -0.2) is 0 Å². The Morgan fingerprint density at radius 1 is 1.07 bits per heavy atom. The molecule has 152 valence electrons. The van der Waals surface area contributed by atoms with Gasteiger partial charge in [0.15, 0.2) is 6.10 Å². The van der Waals surface area contributed by atoms with Crippen molar-refractivity contribution in [3.8, 4) is 5.75 Å². The number of nitrogens with zero attached hydrogens (tertiary/aromatic N) is 3. The first-order chi connectivity index (χ1) is 12.4. The van der Waals surface area contributed by atoms with E-state index in [1.807, 2.05) is 24.3 Å². The minimum absolute atomic E-state index is 0.0620. The van der Waals surface area contributed by atoms with Crippen LogP contribution in [0.15, 0.2) is 24.3 Å². The van der Waals surface area contributed by atoms with Crippen LogP contribution in [0.2, 0.25) is 0 Å². The molecule has 1 unspecified atom stereocenters. The van der Waals surface area contributed by atoms with Gasteiger partial charge in [0, 0.05) is 40.3 Å². The zero-order valence-corrected chi connectivity index (χ0v) is 17.9. The van der Waals surface area contributed by atoms with Gasteiger partial charge in [-0.2, -0.15) is 17.0 Å². The van der Waals surface area contributed by atoms with Crippen LogP contribution in [0.1, 0.15) is 33.3 Å². The van der Waals surface area contributed by atoms with Crippen LogP contribution < -0.4 is 4.74 Å². The third-order valence-electron chi connectivity index (χ3n) is 4.72. The third-order valence-corrected chi connectivity index (χ3v) is 6.66. The summed E-state index contributed by atoms with van der Waals surface area (Å²) in [5.74, 6) is 0.523. The Balaban J connectivity index is 1.93. The van der Waals surface area contributed by atoms with Crippen LogP contribution >= 0.6 is 0 Å². The van der Waals surface area contributed by atoms with Crippen molar-refractivity contribution >= 4 is 16.1 Å². The Morgan fingerprint density at radius 2 is 1.59 bits per heavy atom. The molecular formula is C19H31N3O4S. The molecule has 1 heterocycles. The lowest BCUT2D eigenvalue weighted by molar-refractivity contribution is -0.139. The van der Waals surface area contributed by atoms with Crippen molar-refractivity contribution in [1.82, 2.24) is 13.5 Å². The SMILES string of the molecule is CC(Oc1ccc(C(C)(C)C)cc1)C(=O)N1CCN(S(=O)(=O)N(C)C)CC1. The van der Waals surface area contributed by atoms with E-state index in [4.69, 9.17) is 4.74 Å². The van der Waals surface area contributed by atoms with Crippen molar-refractivity contribution in [3.63, 3.8) is 0 Å². The quantitative estimate of drug-likeness (QED) is 0.758. The molecule has 0 radical (unpaired) electrons. The zero-order valence-electron chi connectivity index (χ0n) is 17.1. The number of carbonyl (C=O) groups is 1. The average molecular weight is 398 g/mol. The maximum atomic E-state index is 12.6. The Hall–Kier alpha value is -1.64. The largest absolute Gasteiger partial charge is 0.481 e. The molecular weight excluding hydrogens is 366 g/mol. The fourth-order valence-electron chi connectivity index (χ4n) is 2.92. The molecule has 0 N–H and O–H groups in total. The first kappa shape index (κ1) is 21.7. The van der Waals surface area contributed by atoms with Crippen LogP contribution in [0.25, 0.3) is 0 Å². The molecule has 8 heteroatoms. The molecule has 0 spiro atoms. The van der Waals surface area contributed by atoms with Gasteiger partial charge in [0.2, 0.25) is 0 Å². The number of benzene rings is 1. The fraction of sp³-hybridized carbons (Fsp3) is 0.632. The second-order valence-electron chi connectivity index (χ2n) is 8.05. The molecule has 1 aliphatic heterocycles. The van der Waals surface area contributed by atoms with Crippen molar-refractivity contribution in [2.45, 2.75) is 39.2 Å². The van der Waals surface area contributed by atoms with Crippen LogP contribution in [-0.4, -0.2) is 74.2 Å². The van der Waals surface area contributed by atoms with Gasteiger partial charge in [-0.05, 0) is 30.0 Å². The molecule has 1 saturated heterocycles. The average Bonchev–Trinajstić information content (AvgIpc) is 2.60. The van der Waals surface area contributed by atoms with E-state index in [1.165, 1.54) is 28.3 Å². The molecule has 1 fully saturated rings. The molecule has 1 aliphatic rings. The molecule has 0 saturated carbocycles. The Labute approximate surface area is 163 Å². The number of amides is 1. The van der Waals surface area contributed by atoms with Gasteiger partial charge in [0.25, 0.3) is 16.1 Å². The fourth-order valence-corrected chi connectivity index (χ4v) is 4.00. The number of piperazine rings is 1. The lowest BCUT2D eigenvalue weighted by atomic mass is 9.87. The highest BCUT2D eigenvalue weighted by molar-refractivity contribution is 7.86. The Bertz CT molecular complexity index is 746. The van der Waals surface area contributed by atoms with Crippen LogP contribution in [0, 0.1) is 0 Å². The highest BCUT2D eigenvalue weighted by Gasteiger charge is 2.32. The van der Waals surface area contributed by atoms with E-state index in [0.29, 0.717) is 31.9 Å². The molecule has 2 rings (SSSR count). The molecule has 1 aromatic rings. The summed E-state index contributed by atoms with van der Waals surface area (Å²) in [5, 5.41) is 0. The van der Waals surface area contributed by atoms with E-state index >= 15 is 0 Å². The standard InChI is InChI=1S/C19H31N3O4S/c1-15(26-17-9-7-16(8-10-17)19(2,3)4)18(23)21-11-13-22(14-12-21)27(24,25)20(5)6/h7-10,15H,11-14H2,1-6H3. The predicted octanol–water partition coefficient (Wildman–Crippen LogP) is 1.70. The van der Waals surface area contributed by atoms with Crippen LogP contribution in [0.5, 0.6) is 5.75 Å². The lowest BCUT2D eigenvalue weighted by Gasteiger charge is -2.36. The summed E-state index contributed by atoms with van der Waals surface area (Å²) >= 11 is 0. The number of rotatable bonds is 5. The minimum Gasteiger partial charge on any atom is -0.481 e. The van der Waals surface area contributed by atoms with Crippen molar-refractivity contribution in [2.24, 2.45) is 0 Å². The van der Waals surface area contributed by atoms with Crippen molar-refractivity contribution in [1.29, 1.82) is 0 Å². The molecule has 7 nitrogen and oxygen atoms in total. The van der Waals surface area contributed by atoms with E-state index in [2.05, 4.69) is 20.8 Å². The van der Waals surface area contributed by atoms with Gasteiger partial charge < -0.3 is 9.64 Å². The normalized spacial score (nSPS) is 17.8. The maximum Gasteiger partial charge on any atom is 0.281 e. The maximum absolute atomic E-state index is 12.6. The summed E-state index contributed by atoms with van der Waals surface area (Å²) in [6.45, 7) is 9.47. The van der Waals surface area contributed by atoms with Crippen LogP contribution in [0.4, 0.5) is 0 Å². The first-order valence-corrected chi connectivity index (χ1v) is 10.6. The van der Waals surface area contributed by atoms with E-state index in [-0.39, 0.29) is 11.3 Å². The monoisotopic (exact) mass is 397 g/mol. The number of hydrogen-bond acceptors (Lipinski definition) is 4. The lowest BCUT2D eigenvalue weighted by Crippen LogP contribution is -2.55. The molecule has 0 aliphatic carbocycles. The van der Waals surface area contributed by atoms with Crippen LogP contribution in [0.3, 0.4) is 0 Å². The van der Waals surface area contributed by atoms with Gasteiger partial charge in [0.05, 0.1) is 0 Å². The summed E-state index contributed by atoms with van der Waals surface area (Å²) < 4.78 is 32.7. The second-order valence-corrected chi connectivity index (χ2v) is 10.2. The number of carbonyl (C=O) groups excluding carboxylic acids is 1. The van der Waals surface area contributed by atoms with E-state index in [9.17, 15) is 13.2 Å². The van der Waals surface area contributed by atoms with Gasteiger partial charge in [0.1, 0.15) is 5.75 Å². The third kappa shape index (κ3) is 5.21. The van der Waals surface area contributed by atoms with Crippen molar-refractivity contribution in [2.75, 3.05) is 40.3 Å².